The normalized spacial score (nSPS) is 13.0. The lowest BCUT2D eigenvalue weighted by Crippen LogP contribution is -2.44. The number of sulfonamides is 1. The van der Waals surface area contributed by atoms with Crippen LogP contribution in [0, 0.1) is 12.7 Å². The van der Waals surface area contributed by atoms with Crippen molar-refractivity contribution in [3.63, 3.8) is 0 Å². The second kappa shape index (κ2) is 6.00. The summed E-state index contributed by atoms with van der Waals surface area (Å²) < 4.78 is 40.4. The third-order valence-electron chi connectivity index (χ3n) is 3.82. The number of aryl methyl sites for hydroxylation is 1. The zero-order valence-corrected chi connectivity index (χ0v) is 14.1. The van der Waals surface area contributed by atoms with Crippen molar-refractivity contribution < 1.29 is 12.8 Å². The number of rotatable bonds is 5. The summed E-state index contributed by atoms with van der Waals surface area (Å²) in [5.74, 6) is -0.506. The molecule has 20 heavy (non-hydrogen) atoms. The van der Waals surface area contributed by atoms with Crippen molar-refractivity contribution in [1.29, 1.82) is 0 Å². The lowest BCUT2D eigenvalue weighted by molar-refractivity contribution is 0.257. The summed E-state index contributed by atoms with van der Waals surface area (Å²) in [6.45, 7) is 7.16. The van der Waals surface area contributed by atoms with Crippen molar-refractivity contribution in [2.75, 3.05) is 7.05 Å². The Balaban J connectivity index is 3.40. The Morgan fingerprint density at radius 3 is 2.35 bits per heavy atom. The van der Waals surface area contributed by atoms with E-state index in [1.54, 1.807) is 0 Å². The molecule has 0 aliphatic heterocycles. The van der Waals surface area contributed by atoms with Crippen molar-refractivity contribution in [2.45, 2.75) is 50.4 Å². The van der Waals surface area contributed by atoms with Crippen LogP contribution in [0.1, 0.15) is 38.3 Å². The van der Waals surface area contributed by atoms with Gasteiger partial charge in [-0.05, 0) is 44.9 Å². The Kier molecular flexibility index (Phi) is 5.22. The number of nitrogens with zero attached hydrogens (tertiary/aromatic N) is 1. The molecule has 0 saturated heterocycles. The molecule has 0 heterocycles. The van der Waals surface area contributed by atoms with Crippen LogP contribution < -0.4 is 0 Å². The Labute approximate surface area is 125 Å². The lowest BCUT2D eigenvalue weighted by Gasteiger charge is -2.33. The van der Waals surface area contributed by atoms with E-state index < -0.39 is 21.4 Å². The van der Waals surface area contributed by atoms with Gasteiger partial charge in [-0.2, -0.15) is 4.31 Å². The highest BCUT2D eigenvalue weighted by Crippen LogP contribution is 2.28. The number of alkyl halides is 1. The van der Waals surface area contributed by atoms with Crippen LogP contribution in [-0.4, -0.2) is 25.3 Å². The summed E-state index contributed by atoms with van der Waals surface area (Å²) in [5, 5.41) is 0. The van der Waals surface area contributed by atoms with Crippen LogP contribution in [0.5, 0.6) is 0 Å². The SMILES string of the molecule is CCC(C)(C)N(C)S(=O)(=O)c1cc(C)c(F)c(CCl)c1. The van der Waals surface area contributed by atoms with Gasteiger partial charge in [-0.25, -0.2) is 12.8 Å². The molecule has 0 saturated carbocycles. The maximum atomic E-state index is 13.8. The molecule has 0 atom stereocenters. The van der Waals surface area contributed by atoms with E-state index in [-0.39, 0.29) is 21.9 Å². The smallest absolute Gasteiger partial charge is 0.207 e. The number of hydrogen-bond acceptors (Lipinski definition) is 2. The minimum absolute atomic E-state index is 0.0586. The summed E-state index contributed by atoms with van der Waals surface area (Å²) in [7, 11) is -2.13. The second-order valence-corrected chi connectivity index (χ2v) is 7.72. The molecule has 0 aliphatic carbocycles. The van der Waals surface area contributed by atoms with E-state index in [0.29, 0.717) is 6.42 Å². The minimum atomic E-state index is -3.67. The molecule has 0 aliphatic rings. The van der Waals surface area contributed by atoms with Crippen molar-refractivity contribution in [3.05, 3.63) is 29.1 Å². The van der Waals surface area contributed by atoms with Crippen LogP contribution in [0.3, 0.4) is 0 Å². The Morgan fingerprint density at radius 2 is 1.90 bits per heavy atom. The first-order valence-corrected chi connectivity index (χ1v) is 8.39. The summed E-state index contributed by atoms with van der Waals surface area (Å²) >= 11 is 5.67. The van der Waals surface area contributed by atoms with E-state index in [1.165, 1.54) is 30.4 Å². The van der Waals surface area contributed by atoms with Crippen LogP contribution in [0.2, 0.25) is 0 Å². The topological polar surface area (TPSA) is 37.4 Å². The first-order chi connectivity index (χ1) is 9.07. The highest BCUT2D eigenvalue weighted by atomic mass is 35.5. The van der Waals surface area contributed by atoms with Gasteiger partial charge in [0.25, 0.3) is 0 Å². The van der Waals surface area contributed by atoms with Gasteiger partial charge in [0.05, 0.1) is 10.8 Å². The molecule has 1 rings (SSSR count). The molecule has 1 aromatic carbocycles. The molecule has 0 amide bonds. The molecule has 6 heteroatoms. The van der Waals surface area contributed by atoms with Gasteiger partial charge in [-0.15, -0.1) is 11.6 Å². The lowest BCUT2D eigenvalue weighted by atomic mass is 10.0. The fourth-order valence-corrected chi connectivity index (χ4v) is 3.67. The highest BCUT2D eigenvalue weighted by molar-refractivity contribution is 7.89. The zero-order chi connectivity index (χ0) is 15.7. The molecule has 0 fully saturated rings. The van der Waals surface area contributed by atoms with Crippen LogP contribution in [0.25, 0.3) is 0 Å². The second-order valence-electron chi connectivity index (χ2n) is 5.49. The van der Waals surface area contributed by atoms with E-state index >= 15 is 0 Å². The van der Waals surface area contributed by atoms with Gasteiger partial charge in [-0.1, -0.05) is 6.92 Å². The number of benzene rings is 1. The molecule has 0 spiro atoms. The van der Waals surface area contributed by atoms with Crippen molar-refractivity contribution >= 4 is 21.6 Å². The first-order valence-electron chi connectivity index (χ1n) is 6.42. The standard InChI is InChI=1S/C14H21ClFNO2S/c1-6-14(3,4)17(5)20(18,19)12-7-10(2)13(16)11(8-12)9-15/h7-8H,6,9H2,1-5H3. The zero-order valence-electron chi connectivity index (χ0n) is 12.5. The summed E-state index contributed by atoms with van der Waals surface area (Å²) in [6, 6.07) is 2.66. The number of hydrogen-bond donors (Lipinski definition) is 0. The predicted molar refractivity (Wildman–Crippen MR) is 80.0 cm³/mol. The molecular formula is C14H21ClFNO2S. The monoisotopic (exact) mass is 321 g/mol. The molecule has 3 nitrogen and oxygen atoms in total. The predicted octanol–water partition coefficient (Wildman–Crippen LogP) is 3.68. The summed E-state index contributed by atoms with van der Waals surface area (Å²) in [4.78, 5) is 0.0797. The van der Waals surface area contributed by atoms with Crippen LogP contribution >= 0.6 is 11.6 Å². The average molecular weight is 322 g/mol. The minimum Gasteiger partial charge on any atom is -0.207 e. The van der Waals surface area contributed by atoms with E-state index in [9.17, 15) is 12.8 Å². The van der Waals surface area contributed by atoms with Crippen molar-refractivity contribution in [3.8, 4) is 0 Å². The van der Waals surface area contributed by atoms with Gasteiger partial charge in [-0.3, -0.25) is 0 Å². The molecule has 114 valence electrons. The van der Waals surface area contributed by atoms with Gasteiger partial charge in [0.1, 0.15) is 5.82 Å². The quantitative estimate of drug-likeness (QED) is 0.776. The average Bonchev–Trinajstić information content (AvgIpc) is 2.40. The maximum Gasteiger partial charge on any atom is 0.243 e. The molecule has 0 N–H and O–H groups in total. The fraction of sp³-hybridized carbons (Fsp3) is 0.571. The molecular weight excluding hydrogens is 301 g/mol. The Hall–Kier alpha value is -0.650. The maximum absolute atomic E-state index is 13.8. The molecule has 1 aromatic rings. The molecule has 0 aromatic heterocycles. The van der Waals surface area contributed by atoms with Gasteiger partial charge in [0.2, 0.25) is 10.0 Å². The first kappa shape index (κ1) is 17.4. The third-order valence-corrected chi connectivity index (χ3v) is 6.16. The van der Waals surface area contributed by atoms with Gasteiger partial charge in [0.15, 0.2) is 0 Å². The van der Waals surface area contributed by atoms with E-state index in [2.05, 4.69) is 0 Å². The van der Waals surface area contributed by atoms with Crippen LogP contribution in [0.4, 0.5) is 4.39 Å². The Bertz CT molecular complexity index is 599. The summed E-state index contributed by atoms with van der Waals surface area (Å²) in [5.41, 5.74) is -0.0280. The number of halogens is 2. The van der Waals surface area contributed by atoms with Crippen molar-refractivity contribution in [2.24, 2.45) is 0 Å². The van der Waals surface area contributed by atoms with Crippen LogP contribution in [0.15, 0.2) is 17.0 Å². The van der Waals surface area contributed by atoms with E-state index in [0.717, 1.165) is 0 Å². The molecule has 0 radical (unpaired) electrons. The summed E-state index contributed by atoms with van der Waals surface area (Å²) in [6.07, 6.45) is 0.672. The van der Waals surface area contributed by atoms with E-state index in [1.807, 2.05) is 20.8 Å². The van der Waals surface area contributed by atoms with Gasteiger partial charge >= 0.3 is 0 Å². The van der Waals surface area contributed by atoms with Gasteiger partial charge in [0, 0.05) is 18.2 Å². The Morgan fingerprint density at radius 1 is 1.35 bits per heavy atom. The van der Waals surface area contributed by atoms with Crippen molar-refractivity contribution in [1.82, 2.24) is 4.31 Å². The highest BCUT2D eigenvalue weighted by Gasteiger charge is 2.33. The van der Waals surface area contributed by atoms with Crippen LogP contribution in [-0.2, 0) is 15.9 Å². The fourth-order valence-electron chi connectivity index (χ4n) is 1.76. The van der Waals surface area contributed by atoms with E-state index in [4.69, 9.17) is 11.6 Å². The molecule has 0 unspecified atom stereocenters. The third kappa shape index (κ3) is 3.15. The molecule has 0 bridgehead atoms. The largest absolute Gasteiger partial charge is 0.243 e. The van der Waals surface area contributed by atoms with Gasteiger partial charge < -0.3 is 0 Å².